The largest absolute Gasteiger partial charge is 0.389 e. The molecule has 9 heteroatoms. The Hall–Kier alpha value is -2.84. The summed E-state index contributed by atoms with van der Waals surface area (Å²) in [5.41, 5.74) is 3.67. The van der Waals surface area contributed by atoms with Crippen LogP contribution >= 0.6 is 0 Å². The number of carbonyl (C=O) groups excluding carboxylic acids is 1. The number of oxime groups is 1. The molecule has 0 saturated heterocycles. The molecule has 0 fully saturated rings. The Kier molecular flexibility index (Phi) is 3.77. The van der Waals surface area contributed by atoms with Gasteiger partial charge in [-0.1, -0.05) is 5.16 Å². The summed E-state index contributed by atoms with van der Waals surface area (Å²) in [6.07, 6.45) is 4.49. The number of hydrogen-bond donors (Lipinski definition) is 1. The molecule has 0 unspecified atom stereocenters. The normalized spacial score (nSPS) is 20.1. The molecular weight excluding hydrogens is 303 g/mol. The van der Waals surface area contributed by atoms with E-state index in [-0.39, 0.29) is 12.1 Å². The fraction of sp³-hybridized carbons (Fsp3) is 0.357. The zero-order valence-corrected chi connectivity index (χ0v) is 12.7. The molecule has 0 saturated carbocycles. The van der Waals surface area contributed by atoms with Crippen molar-refractivity contribution < 1.29 is 14.0 Å². The maximum Gasteiger partial charge on any atom is 0.358 e. The van der Waals surface area contributed by atoms with Gasteiger partial charge in [0.15, 0.2) is 0 Å². The van der Waals surface area contributed by atoms with E-state index in [1.807, 2.05) is 13.8 Å². The van der Waals surface area contributed by atoms with Crippen LogP contribution in [0.1, 0.15) is 25.8 Å². The topological polar surface area (TPSA) is 91.5 Å². The lowest BCUT2D eigenvalue weighted by atomic mass is 10.00. The highest BCUT2D eigenvalue weighted by molar-refractivity contribution is 6.44. The van der Waals surface area contributed by atoms with Crippen LogP contribution in [0, 0.1) is 5.82 Å². The van der Waals surface area contributed by atoms with Gasteiger partial charge in [0.25, 0.3) is 0 Å². The number of aromatic nitrogens is 1. The SMILES string of the molecule is CC1(C)CC(C2=NNC(=O)N(N=Cc3cncc(F)c3)C2)=NO1. The van der Waals surface area contributed by atoms with Crippen LogP contribution in [0.2, 0.25) is 0 Å². The minimum atomic E-state index is -0.479. The van der Waals surface area contributed by atoms with Crippen LogP contribution in [0.4, 0.5) is 9.18 Å². The molecule has 0 aromatic carbocycles. The average Bonchev–Trinajstić information content (AvgIpc) is 2.87. The number of amides is 2. The Balaban J connectivity index is 1.72. The van der Waals surface area contributed by atoms with E-state index in [0.717, 1.165) is 6.20 Å². The molecule has 2 amide bonds. The molecule has 3 heterocycles. The van der Waals surface area contributed by atoms with Crippen molar-refractivity contribution in [2.45, 2.75) is 25.9 Å². The van der Waals surface area contributed by atoms with Gasteiger partial charge in [0, 0.05) is 18.2 Å². The Bertz CT molecular complexity index is 728. The Morgan fingerprint density at radius 1 is 1.43 bits per heavy atom. The number of hydrazone groups is 2. The maximum absolute atomic E-state index is 13.1. The van der Waals surface area contributed by atoms with Gasteiger partial charge < -0.3 is 4.84 Å². The van der Waals surface area contributed by atoms with Crippen LogP contribution in [-0.4, -0.2) is 45.8 Å². The number of pyridine rings is 1. The lowest BCUT2D eigenvalue weighted by Gasteiger charge is -2.22. The molecule has 1 N–H and O–H groups in total. The van der Waals surface area contributed by atoms with Gasteiger partial charge in [0.2, 0.25) is 0 Å². The van der Waals surface area contributed by atoms with Gasteiger partial charge in [-0.15, -0.1) is 0 Å². The van der Waals surface area contributed by atoms with Gasteiger partial charge in [-0.3, -0.25) is 4.98 Å². The number of nitrogens with zero attached hydrogens (tertiary/aromatic N) is 5. The summed E-state index contributed by atoms with van der Waals surface area (Å²) < 4.78 is 13.1. The molecule has 0 aliphatic carbocycles. The van der Waals surface area contributed by atoms with Crippen molar-refractivity contribution in [3.05, 3.63) is 29.8 Å². The molecule has 1 aromatic heterocycles. The minimum absolute atomic E-state index is 0.156. The van der Waals surface area contributed by atoms with Crippen molar-refractivity contribution in [1.29, 1.82) is 0 Å². The molecule has 0 atom stereocenters. The number of hydrogen-bond acceptors (Lipinski definition) is 6. The first-order valence-electron chi connectivity index (χ1n) is 6.97. The van der Waals surface area contributed by atoms with E-state index in [1.54, 1.807) is 0 Å². The van der Waals surface area contributed by atoms with Gasteiger partial charge in [-0.25, -0.2) is 19.6 Å². The van der Waals surface area contributed by atoms with Crippen LogP contribution in [0.15, 0.2) is 33.8 Å². The standard InChI is InChI=1S/C14H15FN6O2/c1-14(2)4-11(20-23-14)12-8-21(13(22)19-18-12)17-6-9-3-10(15)7-16-5-9/h3,5-7H,4,8H2,1-2H3,(H,19,22). The molecule has 2 aliphatic rings. The lowest BCUT2D eigenvalue weighted by Crippen LogP contribution is -2.45. The maximum atomic E-state index is 13.1. The molecule has 0 spiro atoms. The van der Waals surface area contributed by atoms with Crippen LogP contribution in [-0.2, 0) is 4.84 Å². The third kappa shape index (κ3) is 3.50. The summed E-state index contributed by atoms with van der Waals surface area (Å²) >= 11 is 0. The van der Waals surface area contributed by atoms with Crippen molar-refractivity contribution in [3.63, 3.8) is 0 Å². The second-order valence-corrected chi connectivity index (χ2v) is 5.78. The fourth-order valence-electron chi connectivity index (χ4n) is 2.11. The number of nitrogens with one attached hydrogen (secondary N) is 1. The molecule has 0 radical (unpaired) electrons. The first-order valence-corrected chi connectivity index (χ1v) is 6.97. The highest BCUT2D eigenvalue weighted by Crippen LogP contribution is 2.23. The smallest absolute Gasteiger partial charge is 0.358 e. The van der Waals surface area contributed by atoms with Gasteiger partial charge >= 0.3 is 6.03 Å². The van der Waals surface area contributed by atoms with Gasteiger partial charge in [0.05, 0.1) is 19.0 Å². The van der Waals surface area contributed by atoms with E-state index in [2.05, 4.69) is 25.8 Å². The third-order valence-electron chi connectivity index (χ3n) is 3.22. The van der Waals surface area contributed by atoms with Crippen LogP contribution in [0.5, 0.6) is 0 Å². The van der Waals surface area contributed by atoms with Crippen molar-refractivity contribution in [1.82, 2.24) is 15.4 Å². The summed E-state index contributed by atoms with van der Waals surface area (Å²) in [5.74, 6) is -0.473. The van der Waals surface area contributed by atoms with Gasteiger partial charge in [0.1, 0.15) is 22.8 Å². The molecular formula is C14H15FN6O2. The Labute approximate surface area is 131 Å². The quantitative estimate of drug-likeness (QED) is 0.856. The predicted molar refractivity (Wildman–Crippen MR) is 81.7 cm³/mol. The first kappa shape index (κ1) is 15.1. The van der Waals surface area contributed by atoms with Gasteiger partial charge in [-0.05, 0) is 19.9 Å². The van der Waals surface area contributed by atoms with Crippen molar-refractivity contribution >= 4 is 23.7 Å². The van der Waals surface area contributed by atoms with Gasteiger partial charge in [-0.2, -0.15) is 10.2 Å². The summed E-state index contributed by atoms with van der Waals surface area (Å²) in [6.45, 7) is 3.99. The highest BCUT2D eigenvalue weighted by Gasteiger charge is 2.34. The van der Waals surface area contributed by atoms with Crippen molar-refractivity contribution in [2.24, 2.45) is 15.4 Å². The monoisotopic (exact) mass is 318 g/mol. The zero-order chi connectivity index (χ0) is 16.4. The summed E-state index contributed by atoms with van der Waals surface area (Å²) in [4.78, 5) is 20.8. The molecule has 1 aromatic rings. The molecule has 120 valence electrons. The summed E-state index contributed by atoms with van der Waals surface area (Å²) in [7, 11) is 0. The summed E-state index contributed by atoms with van der Waals surface area (Å²) in [5, 5.41) is 13.2. The van der Waals surface area contributed by atoms with E-state index in [4.69, 9.17) is 4.84 Å². The Morgan fingerprint density at radius 3 is 2.96 bits per heavy atom. The molecule has 0 bridgehead atoms. The molecule has 23 heavy (non-hydrogen) atoms. The molecule has 8 nitrogen and oxygen atoms in total. The highest BCUT2D eigenvalue weighted by atomic mass is 19.1. The van der Waals surface area contributed by atoms with E-state index < -0.39 is 11.8 Å². The average molecular weight is 318 g/mol. The van der Waals surface area contributed by atoms with Crippen LogP contribution < -0.4 is 5.43 Å². The number of halogens is 1. The zero-order valence-electron chi connectivity index (χ0n) is 12.7. The van der Waals surface area contributed by atoms with E-state index in [0.29, 0.717) is 23.4 Å². The van der Waals surface area contributed by atoms with Crippen molar-refractivity contribution in [2.75, 3.05) is 6.54 Å². The van der Waals surface area contributed by atoms with Crippen molar-refractivity contribution in [3.8, 4) is 0 Å². The number of carbonyl (C=O) groups is 1. The third-order valence-corrected chi connectivity index (χ3v) is 3.22. The van der Waals surface area contributed by atoms with E-state index in [1.165, 1.54) is 23.5 Å². The Morgan fingerprint density at radius 2 is 2.26 bits per heavy atom. The first-order chi connectivity index (χ1) is 10.9. The van der Waals surface area contributed by atoms with Crippen LogP contribution in [0.3, 0.4) is 0 Å². The van der Waals surface area contributed by atoms with Crippen LogP contribution in [0.25, 0.3) is 0 Å². The predicted octanol–water partition coefficient (Wildman–Crippen LogP) is 1.49. The minimum Gasteiger partial charge on any atom is -0.389 e. The second-order valence-electron chi connectivity index (χ2n) is 5.78. The lowest BCUT2D eigenvalue weighted by molar-refractivity contribution is 0.0123. The molecule has 2 aliphatic heterocycles. The number of rotatable bonds is 3. The van der Waals surface area contributed by atoms with E-state index in [9.17, 15) is 9.18 Å². The second kappa shape index (κ2) is 5.75. The van der Waals surface area contributed by atoms with E-state index >= 15 is 0 Å². The number of urea groups is 1. The molecule has 3 rings (SSSR count). The fourth-order valence-corrected chi connectivity index (χ4v) is 2.11. The summed E-state index contributed by atoms with van der Waals surface area (Å²) in [6, 6.07) is 0.790.